The third-order valence-corrected chi connectivity index (χ3v) is 5.84. The van der Waals surface area contributed by atoms with Crippen LogP contribution in [0.5, 0.6) is 0 Å². The lowest BCUT2D eigenvalue weighted by atomic mass is 10.0. The van der Waals surface area contributed by atoms with Crippen LogP contribution in [0.3, 0.4) is 0 Å². The topological polar surface area (TPSA) is 72.8 Å². The molecular weight excluding hydrogens is 368 g/mol. The molecule has 0 aromatic carbocycles. The van der Waals surface area contributed by atoms with Crippen LogP contribution in [0.15, 0.2) is 23.0 Å². The largest absolute Gasteiger partial charge is 0.508 e. The van der Waals surface area contributed by atoms with Crippen molar-refractivity contribution in [2.24, 2.45) is 0 Å². The molecule has 0 saturated carbocycles. The van der Waals surface area contributed by atoms with E-state index in [1.807, 2.05) is 13.0 Å². The fourth-order valence-corrected chi connectivity index (χ4v) is 4.07. The van der Waals surface area contributed by atoms with Crippen LogP contribution in [0.25, 0.3) is 0 Å². The van der Waals surface area contributed by atoms with Crippen LogP contribution in [0.1, 0.15) is 104 Å². The number of unbranched alkanes of at least 4 members (excludes halogenated alkanes) is 11. The van der Waals surface area contributed by atoms with Gasteiger partial charge in [-0.05, 0) is 45.6 Å². The molecule has 2 atom stereocenters. The predicted molar refractivity (Wildman–Crippen MR) is 113 cm³/mol. The van der Waals surface area contributed by atoms with E-state index in [0.29, 0.717) is 12.0 Å². The van der Waals surface area contributed by atoms with Crippen molar-refractivity contribution >= 4 is 11.9 Å². The van der Waals surface area contributed by atoms with Crippen LogP contribution in [-0.4, -0.2) is 29.3 Å². The minimum Gasteiger partial charge on any atom is -0.508 e. The highest BCUT2D eigenvalue weighted by Gasteiger charge is 2.30. The van der Waals surface area contributed by atoms with E-state index >= 15 is 0 Å². The molecule has 2 rings (SSSR count). The van der Waals surface area contributed by atoms with Crippen LogP contribution in [0.2, 0.25) is 0 Å². The second-order valence-corrected chi connectivity index (χ2v) is 8.46. The lowest BCUT2D eigenvalue weighted by Crippen LogP contribution is -2.05. The lowest BCUT2D eigenvalue weighted by molar-refractivity contribution is -0.140. The first-order valence-electron chi connectivity index (χ1n) is 11.5. The maximum atomic E-state index is 11.6. The Kier molecular flexibility index (Phi) is 10.3. The van der Waals surface area contributed by atoms with Crippen LogP contribution < -0.4 is 0 Å². The van der Waals surface area contributed by atoms with Gasteiger partial charge in [-0.3, -0.25) is 0 Å². The molecule has 2 unspecified atom stereocenters. The first-order valence-corrected chi connectivity index (χ1v) is 11.5. The molecule has 29 heavy (non-hydrogen) atoms. The van der Waals surface area contributed by atoms with Gasteiger partial charge in [-0.1, -0.05) is 64.2 Å². The first kappa shape index (κ1) is 23.5. The molecular formula is C24H38O5. The number of ether oxygens (including phenoxy) is 2. The lowest BCUT2D eigenvalue weighted by Gasteiger charge is -2.04. The summed E-state index contributed by atoms with van der Waals surface area (Å²) in [5, 5.41) is 9.80. The molecule has 0 spiro atoms. The maximum Gasteiger partial charge on any atom is 0.338 e. The molecule has 0 radical (unpaired) electrons. The van der Waals surface area contributed by atoms with Crippen LogP contribution in [-0.2, 0) is 19.1 Å². The predicted octanol–water partition coefficient (Wildman–Crippen LogP) is 6.08. The van der Waals surface area contributed by atoms with E-state index in [9.17, 15) is 14.7 Å². The number of rotatable bonds is 15. The van der Waals surface area contributed by atoms with Crippen molar-refractivity contribution in [3.63, 3.8) is 0 Å². The molecule has 0 amide bonds. The van der Waals surface area contributed by atoms with Gasteiger partial charge in [-0.25, -0.2) is 9.59 Å². The number of aliphatic hydroxyl groups is 1. The van der Waals surface area contributed by atoms with E-state index in [1.165, 1.54) is 57.8 Å². The average Bonchev–Trinajstić information content (AvgIpc) is 3.13. The number of hydrogen-bond acceptors (Lipinski definition) is 5. The van der Waals surface area contributed by atoms with Crippen LogP contribution in [0, 0.1) is 0 Å². The number of cyclic esters (lactones) is 2. The summed E-state index contributed by atoms with van der Waals surface area (Å²) in [6, 6.07) is 0. The number of esters is 2. The van der Waals surface area contributed by atoms with E-state index in [-0.39, 0.29) is 23.8 Å². The number of carbonyl (C=O) groups excluding carboxylic acids is 2. The van der Waals surface area contributed by atoms with Gasteiger partial charge in [0.15, 0.2) is 6.10 Å². The van der Waals surface area contributed by atoms with Gasteiger partial charge in [0.2, 0.25) is 0 Å². The molecule has 5 nitrogen and oxygen atoms in total. The van der Waals surface area contributed by atoms with E-state index < -0.39 is 6.10 Å². The third-order valence-electron chi connectivity index (χ3n) is 5.84. The normalized spacial score (nSPS) is 21.5. The van der Waals surface area contributed by atoms with Gasteiger partial charge in [-0.15, -0.1) is 0 Å². The van der Waals surface area contributed by atoms with E-state index in [0.717, 1.165) is 31.3 Å². The first-order chi connectivity index (χ1) is 14.0. The van der Waals surface area contributed by atoms with Crippen molar-refractivity contribution in [2.45, 2.75) is 116 Å². The minimum atomic E-state index is -0.468. The van der Waals surface area contributed by atoms with Gasteiger partial charge < -0.3 is 14.6 Å². The summed E-state index contributed by atoms with van der Waals surface area (Å²) in [6.45, 7) is 3.61. The molecule has 0 aromatic heterocycles. The molecule has 2 aliphatic heterocycles. The standard InChI is InChI=1S/C24H38O5/c1-18-17-20(23(26)28-18)15-13-11-9-7-5-3-4-6-8-10-12-14-16-21-22(25)19(2)29-24(21)27/h17-19,25H,3-16H2,1-2H3. The molecule has 2 aliphatic rings. The fraction of sp³-hybridized carbons (Fsp3) is 0.750. The second-order valence-electron chi connectivity index (χ2n) is 8.46. The van der Waals surface area contributed by atoms with Crippen molar-refractivity contribution in [2.75, 3.05) is 0 Å². The Labute approximate surface area is 175 Å². The Morgan fingerprint density at radius 2 is 1.21 bits per heavy atom. The van der Waals surface area contributed by atoms with E-state index in [1.54, 1.807) is 6.92 Å². The number of carbonyl (C=O) groups is 2. The van der Waals surface area contributed by atoms with Gasteiger partial charge in [0, 0.05) is 5.57 Å². The van der Waals surface area contributed by atoms with Crippen LogP contribution in [0.4, 0.5) is 0 Å². The van der Waals surface area contributed by atoms with E-state index in [2.05, 4.69) is 0 Å². The molecule has 164 valence electrons. The zero-order chi connectivity index (χ0) is 21.1. The van der Waals surface area contributed by atoms with Crippen molar-refractivity contribution in [1.82, 2.24) is 0 Å². The van der Waals surface area contributed by atoms with Crippen LogP contribution >= 0.6 is 0 Å². The molecule has 5 heteroatoms. The van der Waals surface area contributed by atoms with Crippen molar-refractivity contribution < 1.29 is 24.2 Å². The highest BCUT2D eigenvalue weighted by atomic mass is 16.6. The summed E-state index contributed by atoms with van der Waals surface area (Å²) in [5.74, 6) is -0.339. The SMILES string of the molecule is CC1C=C(CCCCCCCCCCCCCCC2=C(O)C(C)OC2=O)C(=O)O1. The van der Waals surface area contributed by atoms with Gasteiger partial charge in [0.05, 0.1) is 5.57 Å². The molecule has 0 aromatic rings. The molecule has 1 N–H and O–H groups in total. The highest BCUT2D eigenvalue weighted by Crippen LogP contribution is 2.25. The molecule has 0 bridgehead atoms. The van der Waals surface area contributed by atoms with Crippen molar-refractivity contribution in [3.8, 4) is 0 Å². The highest BCUT2D eigenvalue weighted by molar-refractivity contribution is 5.91. The van der Waals surface area contributed by atoms with Gasteiger partial charge in [0.1, 0.15) is 11.9 Å². The zero-order valence-corrected chi connectivity index (χ0v) is 18.2. The fourth-order valence-electron chi connectivity index (χ4n) is 4.07. The average molecular weight is 407 g/mol. The van der Waals surface area contributed by atoms with Gasteiger partial charge in [-0.2, -0.15) is 0 Å². The van der Waals surface area contributed by atoms with Gasteiger partial charge in [0.25, 0.3) is 0 Å². The Bertz CT molecular complexity index is 604. The summed E-state index contributed by atoms with van der Waals surface area (Å²) in [5.41, 5.74) is 1.34. The smallest absolute Gasteiger partial charge is 0.338 e. The molecule has 0 fully saturated rings. The Morgan fingerprint density at radius 1 is 0.724 bits per heavy atom. The van der Waals surface area contributed by atoms with Crippen molar-refractivity contribution in [3.05, 3.63) is 23.0 Å². The van der Waals surface area contributed by atoms with E-state index in [4.69, 9.17) is 9.47 Å². The molecule has 0 aliphatic carbocycles. The van der Waals surface area contributed by atoms with Crippen molar-refractivity contribution in [1.29, 1.82) is 0 Å². The third kappa shape index (κ3) is 8.23. The zero-order valence-electron chi connectivity index (χ0n) is 18.2. The number of aliphatic hydroxyl groups excluding tert-OH is 1. The summed E-state index contributed by atoms with van der Waals surface area (Å²) >= 11 is 0. The number of hydrogen-bond donors (Lipinski definition) is 1. The Morgan fingerprint density at radius 3 is 1.62 bits per heavy atom. The van der Waals surface area contributed by atoms with Gasteiger partial charge >= 0.3 is 11.9 Å². The summed E-state index contributed by atoms with van der Waals surface area (Å²) in [4.78, 5) is 23.1. The maximum absolute atomic E-state index is 11.6. The molecule has 0 saturated heterocycles. The molecule has 2 heterocycles. The minimum absolute atomic E-state index is 0.0433. The second kappa shape index (κ2) is 12.7. The summed E-state index contributed by atoms with van der Waals surface area (Å²) < 4.78 is 10.1. The summed E-state index contributed by atoms with van der Waals surface area (Å²) in [7, 11) is 0. The summed E-state index contributed by atoms with van der Waals surface area (Å²) in [6.07, 6.45) is 17.4. The monoisotopic (exact) mass is 406 g/mol. The Hall–Kier alpha value is -1.78. The Balaban J connectivity index is 1.33. The quantitative estimate of drug-likeness (QED) is 0.264.